The lowest BCUT2D eigenvalue weighted by atomic mass is 10.0. The van der Waals surface area contributed by atoms with Crippen molar-refractivity contribution < 1.29 is 9.90 Å². The van der Waals surface area contributed by atoms with Gasteiger partial charge in [-0.05, 0) is 6.42 Å². The first-order valence-electron chi connectivity index (χ1n) is 3.33. The standard InChI is InChI=1S/C7H8ClNO2/c1-2-4-5(10)3-6(11)9-7(4)8/h3-4,10H,2H2,1H3. The Labute approximate surface area is 69.4 Å². The number of hydrogen-bond acceptors (Lipinski definition) is 2. The summed E-state index contributed by atoms with van der Waals surface area (Å²) in [6, 6.07) is 0. The molecule has 0 saturated heterocycles. The van der Waals surface area contributed by atoms with Crippen LogP contribution in [0.5, 0.6) is 0 Å². The predicted molar refractivity (Wildman–Crippen MR) is 42.8 cm³/mol. The third-order valence-corrected chi connectivity index (χ3v) is 1.89. The van der Waals surface area contributed by atoms with Gasteiger partial charge in [0.15, 0.2) is 0 Å². The minimum Gasteiger partial charge on any atom is -0.511 e. The molecule has 0 aliphatic carbocycles. The molecule has 0 aromatic heterocycles. The van der Waals surface area contributed by atoms with E-state index in [0.29, 0.717) is 6.42 Å². The Morgan fingerprint density at radius 3 is 2.91 bits per heavy atom. The number of aliphatic hydroxyl groups is 1. The first-order valence-corrected chi connectivity index (χ1v) is 3.71. The number of carbonyl (C=O) groups excluding carboxylic acids is 1. The van der Waals surface area contributed by atoms with Gasteiger partial charge in [-0.25, -0.2) is 4.99 Å². The molecule has 0 spiro atoms. The highest BCUT2D eigenvalue weighted by Crippen LogP contribution is 2.20. The number of allylic oxidation sites excluding steroid dienone is 1. The van der Waals surface area contributed by atoms with Gasteiger partial charge >= 0.3 is 0 Å². The van der Waals surface area contributed by atoms with Gasteiger partial charge in [-0.3, -0.25) is 4.79 Å². The third kappa shape index (κ3) is 1.60. The molecule has 1 atom stereocenters. The molecule has 3 nitrogen and oxygen atoms in total. The van der Waals surface area contributed by atoms with E-state index in [4.69, 9.17) is 11.6 Å². The first-order chi connectivity index (χ1) is 5.15. The molecule has 1 rings (SSSR count). The molecule has 0 saturated carbocycles. The molecule has 1 unspecified atom stereocenters. The van der Waals surface area contributed by atoms with Gasteiger partial charge in [0.2, 0.25) is 0 Å². The highest BCUT2D eigenvalue weighted by atomic mass is 35.5. The van der Waals surface area contributed by atoms with Crippen molar-refractivity contribution in [3.05, 3.63) is 11.8 Å². The summed E-state index contributed by atoms with van der Waals surface area (Å²) in [5.74, 6) is -0.760. The van der Waals surface area contributed by atoms with Gasteiger partial charge in [-0.15, -0.1) is 0 Å². The number of halogens is 1. The van der Waals surface area contributed by atoms with Crippen LogP contribution in [0.2, 0.25) is 0 Å². The molecule has 1 aliphatic heterocycles. The summed E-state index contributed by atoms with van der Waals surface area (Å²) in [5.41, 5.74) is 0. The normalized spacial score (nSPS) is 24.5. The van der Waals surface area contributed by atoms with Crippen molar-refractivity contribution in [1.29, 1.82) is 0 Å². The molecule has 1 heterocycles. The minimum atomic E-state index is -0.489. The van der Waals surface area contributed by atoms with Crippen molar-refractivity contribution in [1.82, 2.24) is 0 Å². The van der Waals surface area contributed by atoms with Crippen LogP contribution in [-0.2, 0) is 4.79 Å². The summed E-state index contributed by atoms with van der Waals surface area (Å²) in [7, 11) is 0. The van der Waals surface area contributed by atoms with Crippen LogP contribution in [0, 0.1) is 5.92 Å². The Kier molecular flexibility index (Phi) is 2.29. The molecule has 0 radical (unpaired) electrons. The molecule has 0 bridgehead atoms. The lowest BCUT2D eigenvalue weighted by Gasteiger charge is -2.14. The third-order valence-electron chi connectivity index (χ3n) is 1.54. The van der Waals surface area contributed by atoms with Crippen LogP contribution in [0.25, 0.3) is 0 Å². The largest absolute Gasteiger partial charge is 0.511 e. The number of rotatable bonds is 1. The Balaban J connectivity index is 2.90. The molecule has 60 valence electrons. The fraction of sp³-hybridized carbons (Fsp3) is 0.429. The van der Waals surface area contributed by atoms with Crippen molar-refractivity contribution in [3.8, 4) is 0 Å². The zero-order chi connectivity index (χ0) is 8.43. The first kappa shape index (κ1) is 8.27. The number of nitrogens with zero attached hydrogens (tertiary/aromatic N) is 1. The van der Waals surface area contributed by atoms with Gasteiger partial charge in [0.1, 0.15) is 10.9 Å². The van der Waals surface area contributed by atoms with Gasteiger partial charge in [-0.1, -0.05) is 18.5 Å². The van der Waals surface area contributed by atoms with E-state index in [0.717, 1.165) is 6.08 Å². The molecule has 1 N–H and O–H groups in total. The molecular formula is C7H8ClNO2. The van der Waals surface area contributed by atoms with Crippen molar-refractivity contribution in [3.63, 3.8) is 0 Å². The summed E-state index contributed by atoms with van der Waals surface area (Å²) >= 11 is 5.60. The summed E-state index contributed by atoms with van der Waals surface area (Å²) < 4.78 is 0. The van der Waals surface area contributed by atoms with Crippen LogP contribution in [0.4, 0.5) is 0 Å². The average molecular weight is 174 g/mol. The number of dihydropyridines is 1. The second-order valence-corrected chi connectivity index (χ2v) is 2.69. The Bertz CT molecular complexity index is 223. The zero-order valence-corrected chi connectivity index (χ0v) is 6.80. The molecule has 0 fully saturated rings. The summed E-state index contributed by atoms with van der Waals surface area (Å²) in [6.07, 6.45) is 1.75. The van der Waals surface area contributed by atoms with Crippen LogP contribution >= 0.6 is 11.6 Å². The Hall–Kier alpha value is -0.830. The van der Waals surface area contributed by atoms with Gasteiger partial charge in [0.05, 0.1) is 5.92 Å². The van der Waals surface area contributed by atoms with Crippen molar-refractivity contribution >= 4 is 22.7 Å². The maximum absolute atomic E-state index is 10.6. The highest BCUT2D eigenvalue weighted by molar-refractivity contribution is 6.67. The van der Waals surface area contributed by atoms with E-state index in [9.17, 15) is 9.90 Å². The van der Waals surface area contributed by atoms with Gasteiger partial charge in [0.25, 0.3) is 5.91 Å². The predicted octanol–water partition coefficient (Wildman–Crippen LogP) is 1.63. The molecule has 1 aliphatic rings. The smallest absolute Gasteiger partial charge is 0.274 e. The maximum atomic E-state index is 10.6. The van der Waals surface area contributed by atoms with Gasteiger partial charge in [0, 0.05) is 6.08 Å². The molecule has 4 heteroatoms. The van der Waals surface area contributed by atoms with E-state index in [2.05, 4.69) is 4.99 Å². The molecule has 0 aromatic carbocycles. The lowest BCUT2D eigenvalue weighted by Crippen LogP contribution is -2.17. The SMILES string of the molecule is CCC1C(O)=CC(=O)N=C1Cl. The number of aliphatic hydroxyl groups excluding tert-OH is 1. The molecule has 11 heavy (non-hydrogen) atoms. The van der Waals surface area contributed by atoms with Crippen LogP contribution in [0.15, 0.2) is 16.8 Å². The zero-order valence-electron chi connectivity index (χ0n) is 6.04. The molecule has 0 aromatic rings. The number of aliphatic imine (C=N–C) groups is 1. The van der Waals surface area contributed by atoms with E-state index in [1.54, 1.807) is 0 Å². The van der Waals surface area contributed by atoms with E-state index in [-0.39, 0.29) is 16.8 Å². The topological polar surface area (TPSA) is 49.7 Å². The maximum Gasteiger partial charge on any atom is 0.274 e. The number of carbonyl (C=O) groups is 1. The summed E-state index contributed by atoms with van der Waals surface area (Å²) in [6.45, 7) is 1.86. The quantitative estimate of drug-likeness (QED) is 0.655. The number of amides is 1. The van der Waals surface area contributed by atoms with E-state index >= 15 is 0 Å². The van der Waals surface area contributed by atoms with E-state index < -0.39 is 5.91 Å². The lowest BCUT2D eigenvalue weighted by molar-refractivity contribution is -0.113. The fourth-order valence-electron chi connectivity index (χ4n) is 0.942. The second-order valence-electron chi connectivity index (χ2n) is 2.30. The highest BCUT2D eigenvalue weighted by Gasteiger charge is 2.22. The van der Waals surface area contributed by atoms with E-state index in [1.807, 2.05) is 6.92 Å². The van der Waals surface area contributed by atoms with Crippen molar-refractivity contribution in [2.45, 2.75) is 13.3 Å². The molecule has 1 amide bonds. The Morgan fingerprint density at radius 1 is 1.82 bits per heavy atom. The Morgan fingerprint density at radius 2 is 2.45 bits per heavy atom. The van der Waals surface area contributed by atoms with Crippen LogP contribution in [-0.4, -0.2) is 16.2 Å². The van der Waals surface area contributed by atoms with Crippen LogP contribution in [0.3, 0.4) is 0 Å². The molecular weight excluding hydrogens is 166 g/mol. The van der Waals surface area contributed by atoms with Gasteiger partial charge < -0.3 is 5.11 Å². The summed E-state index contributed by atoms with van der Waals surface area (Å²) in [4.78, 5) is 14.1. The minimum absolute atomic E-state index is 0.0116. The second kappa shape index (κ2) is 3.05. The van der Waals surface area contributed by atoms with Gasteiger partial charge in [-0.2, -0.15) is 0 Å². The summed E-state index contributed by atoms with van der Waals surface area (Å²) in [5, 5.41) is 9.36. The monoisotopic (exact) mass is 173 g/mol. The average Bonchev–Trinajstić information content (AvgIpc) is 1.85. The van der Waals surface area contributed by atoms with Crippen LogP contribution < -0.4 is 0 Å². The van der Waals surface area contributed by atoms with Crippen molar-refractivity contribution in [2.24, 2.45) is 10.9 Å². The van der Waals surface area contributed by atoms with Crippen LogP contribution in [0.1, 0.15) is 13.3 Å². The van der Waals surface area contributed by atoms with Crippen molar-refractivity contribution in [2.75, 3.05) is 0 Å². The fourth-order valence-corrected chi connectivity index (χ4v) is 1.29. The number of hydrogen-bond donors (Lipinski definition) is 1. The van der Waals surface area contributed by atoms with E-state index in [1.165, 1.54) is 0 Å².